The minimum absolute atomic E-state index is 0.0721. The second-order valence-electron chi connectivity index (χ2n) is 4.85. The van der Waals surface area contributed by atoms with Gasteiger partial charge in [-0.2, -0.15) is 5.10 Å². The predicted octanol–water partition coefficient (Wildman–Crippen LogP) is 3.15. The molecule has 0 fully saturated rings. The molecule has 0 unspecified atom stereocenters. The Morgan fingerprint density at radius 1 is 1.40 bits per heavy atom. The molecule has 1 heterocycles. The molecule has 0 bridgehead atoms. The van der Waals surface area contributed by atoms with Crippen molar-refractivity contribution in [2.75, 3.05) is 5.32 Å². The number of aromatic hydroxyl groups is 1. The van der Waals surface area contributed by atoms with Crippen LogP contribution in [-0.4, -0.2) is 20.8 Å². The maximum atomic E-state index is 12.2. The molecule has 0 saturated heterocycles. The first-order valence-corrected chi connectivity index (χ1v) is 6.60. The van der Waals surface area contributed by atoms with Gasteiger partial charge in [0.15, 0.2) is 0 Å². The lowest BCUT2D eigenvalue weighted by Gasteiger charge is -2.07. The Morgan fingerprint density at radius 3 is 2.65 bits per heavy atom. The van der Waals surface area contributed by atoms with E-state index in [-0.39, 0.29) is 17.6 Å². The lowest BCUT2D eigenvalue weighted by atomic mass is 10.1. The van der Waals surface area contributed by atoms with Crippen LogP contribution in [0.2, 0.25) is 5.02 Å². The van der Waals surface area contributed by atoms with Gasteiger partial charge in [-0.15, -0.1) is 0 Å². The second kappa shape index (κ2) is 5.54. The number of benzene rings is 1. The zero-order valence-electron chi connectivity index (χ0n) is 11.5. The van der Waals surface area contributed by atoms with Gasteiger partial charge < -0.3 is 10.4 Å². The Hall–Kier alpha value is -2.01. The Labute approximate surface area is 122 Å². The van der Waals surface area contributed by atoms with E-state index in [0.717, 1.165) is 5.69 Å². The number of rotatable bonds is 3. The molecule has 6 heteroatoms. The fourth-order valence-corrected chi connectivity index (χ4v) is 1.95. The van der Waals surface area contributed by atoms with E-state index >= 15 is 0 Å². The van der Waals surface area contributed by atoms with Gasteiger partial charge in [0.1, 0.15) is 11.4 Å². The molecule has 2 rings (SSSR count). The van der Waals surface area contributed by atoms with Crippen molar-refractivity contribution in [2.24, 2.45) is 7.05 Å². The van der Waals surface area contributed by atoms with Crippen LogP contribution in [0, 0.1) is 0 Å². The fourth-order valence-electron chi connectivity index (χ4n) is 1.78. The monoisotopic (exact) mass is 293 g/mol. The molecule has 20 heavy (non-hydrogen) atoms. The van der Waals surface area contributed by atoms with Crippen LogP contribution < -0.4 is 5.32 Å². The van der Waals surface area contributed by atoms with Crippen LogP contribution in [0.1, 0.15) is 35.9 Å². The molecule has 0 spiro atoms. The predicted molar refractivity (Wildman–Crippen MR) is 78.4 cm³/mol. The smallest absolute Gasteiger partial charge is 0.274 e. The quantitative estimate of drug-likeness (QED) is 0.854. The number of anilines is 1. The number of halogens is 1. The number of aromatic nitrogens is 2. The summed E-state index contributed by atoms with van der Waals surface area (Å²) >= 11 is 5.75. The number of aryl methyl sites for hydroxylation is 1. The van der Waals surface area contributed by atoms with Crippen molar-refractivity contribution >= 4 is 23.2 Å². The summed E-state index contributed by atoms with van der Waals surface area (Å²) < 4.78 is 1.53. The Morgan fingerprint density at radius 2 is 2.10 bits per heavy atom. The highest BCUT2D eigenvalue weighted by Crippen LogP contribution is 2.27. The van der Waals surface area contributed by atoms with E-state index in [2.05, 4.69) is 10.4 Å². The van der Waals surface area contributed by atoms with Crippen molar-refractivity contribution in [3.05, 3.63) is 40.7 Å². The number of amides is 1. The molecular weight excluding hydrogens is 278 g/mol. The second-order valence-corrected chi connectivity index (χ2v) is 5.28. The van der Waals surface area contributed by atoms with Gasteiger partial charge in [0.05, 0.1) is 11.4 Å². The summed E-state index contributed by atoms with van der Waals surface area (Å²) in [4.78, 5) is 12.2. The van der Waals surface area contributed by atoms with E-state index in [9.17, 15) is 9.90 Å². The Bertz CT molecular complexity index is 650. The number of hydrogen-bond donors (Lipinski definition) is 2. The van der Waals surface area contributed by atoms with Crippen LogP contribution in [0.15, 0.2) is 24.3 Å². The standard InChI is InChI=1S/C14H16ClN3O2/c1-8(2)11-7-12(18(3)17-11)14(20)16-10-5-4-9(15)6-13(10)19/h4-8,19H,1-3H3,(H,16,20). The van der Waals surface area contributed by atoms with Crippen LogP contribution in [0.3, 0.4) is 0 Å². The van der Waals surface area contributed by atoms with Crippen molar-refractivity contribution in [1.82, 2.24) is 9.78 Å². The van der Waals surface area contributed by atoms with Gasteiger partial charge in [0.25, 0.3) is 5.91 Å². The highest BCUT2D eigenvalue weighted by atomic mass is 35.5. The van der Waals surface area contributed by atoms with Gasteiger partial charge in [-0.25, -0.2) is 0 Å². The highest BCUT2D eigenvalue weighted by molar-refractivity contribution is 6.30. The van der Waals surface area contributed by atoms with Gasteiger partial charge in [-0.1, -0.05) is 25.4 Å². The highest BCUT2D eigenvalue weighted by Gasteiger charge is 2.16. The van der Waals surface area contributed by atoms with Crippen molar-refractivity contribution in [2.45, 2.75) is 19.8 Å². The van der Waals surface area contributed by atoms with Crippen molar-refractivity contribution in [3.63, 3.8) is 0 Å². The van der Waals surface area contributed by atoms with Gasteiger partial charge in [-0.05, 0) is 24.1 Å². The van der Waals surface area contributed by atoms with Gasteiger partial charge in [0, 0.05) is 18.1 Å². The van der Waals surface area contributed by atoms with E-state index < -0.39 is 0 Å². The number of nitrogens with zero attached hydrogens (tertiary/aromatic N) is 2. The van der Waals surface area contributed by atoms with Crippen LogP contribution in [-0.2, 0) is 7.05 Å². The normalized spacial score (nSPS) is 10.8. The minimum Gasteiger partial charge on any atom is -0.506 e. The van der Waals surface area contributed by atoms with E-state index in [1.807, 2.05) is 13.8 Å². The maximum absolute atomic E-state index is 12.2. The molecule has 1 aromatic carbocycles. The topological polar surface area (TPSA) is 67.2 Å². The third kappa shape index (κ3) is 2.93. The number of phenolic OH excluding ortho intramolecular Hbond substituents is 1. The van der Waals surface area contributed by atoms with Crippen molar-refractivity contribution in [1.29, 1.82) is 0 Å². The Balaban J connectivity index is 2.24. The number of hydrogen-bond acceptors (Lipinski definition) is 3. The average Bonchev–Trinajstić information content (AvgIpc) is 2.75. The average molecular weight is 294 g/mol. The summed E-state index contributed by atoms with van der Waals surface area (Å²) in [6, 6.07) is 6.27. The summed E-state index contributed by atoms with van der Waals surface area (Å²) in [7, 11) is 1.71. The number of nitrogens with one attached hydrogen (secondary N) is 1. The van der Waals surface area contributed by atoms with Crippen LogP contribution in [0.5, 0.6) is 5.75 Å². The molecule has 0 aliphatic heterocycles. The zero-order chi connectivity index (χ0) is 14.9. The fraction of sp³-hybridized carbons (Fsp3) is 0.286. The molecule has 0 radical (unpaired) electrons. The van der Waals surface area contributed by atoms with Gasteiger partial charge in [0.2, 0.25) is 0 Å². The summed E-state index contributed by atoms with van der Waals surface area (Å²) in [6.07, 6.45) is 0. The molecule has 2 aromatic rings. The molecule has 0 aliphatic rings. The molecule has 1 amide bonds. The molecule has 0 atom stereocenters. The largest absolute Gasteiger partial charge is 0.506 e. The third-order valence-electron chi connectivity index (χ3n) is 2.93. The van der Waals surface area contributed by atoms with Gasteiger partial charge in [-0.3, -0.25) is 9.48 Å². The van der Waals surface area contributed by atoms with Crippen LogP contribution in [0.4, 0.5) is 5.69 Å². The van der Waals surface area contributed by atoms with Crippen molar-refractivity contribution in [3.8, 4) is 5.75 Å². The van der Waals surface area contributed by atoms with Crippen LogP contribution >= 0.6 is 11.6 Å². The Kier molecular flexibility index (Phi) is 3.99. The van der Waals surface area contributed by atoms with E-state index in [0.29, 0.717) is 16.4 Å². The lowest BCUT2D eigenvalue weighted by molar-refractivity contribution is 0.101. The molecule has 106 valence electrons. The summed E-state index contributed by atoms with van der Waals surface area (Å²) in [5.74, 6) is -0.159. The van der Waals surface area contributed by atoms with Crippen LogP contribution in [0.25, 0.3) is 0 Å². The summed E-state index contributed by atoms with van der Waals surface area (Å²) in [5, 5.41) is 17.1. The van der Waals surface area contributed by atoms with E-state index in [1.165, 1.54) is 10.7 Å². The molecule has 2 N–H and O–H groups in total. The maximum Gasteiger partial charge on any atom is 0.274 e. The summed E-state index contributed by atoms with van der Waals surface area (Å²) in [6.45, 7) is 4.02. The molecule has 1 aromatic heterocycles. The number of carbonyl (C=O) groups excluding carboxylic acids is 1. The molecule has 5 nitrogen and oxygen atoms in total. The summed E-state index contributed by atoms with van der Waals surface area (Å²) in [5.41, 5.74) is 1.59. The third-order valence-corrected chi connectivity index (χ3v) is 3.17. The molecule has 0 aliphatic carbocycles. The molecular formula is C14H16ClN3O2. The zero-order valence-corrected chi connectivity index (χ0v) is 12.3. The van der Waals surface area contributed by atoms with Gasteiger partial charge >= 0.3 is 0 Å². The SMILES string of the molecule is CC(C)c1cc(C(=O)Nc2ccc(Cl)cc2O)n(C)n1. The number of phenols is 1. The first kappa shape index (κ1) is 14.4. The number of carbonyl (C=O) groups is 1. The van der Waals surface area contributed by atoms with E-state index in [4.69, 9.17) is 11.6 Å². The lowest BCUT2D eigenvalue weighted by Crippen LogP contribution is -2.16. The molecule has 0 saturated carbocycles. The minimum atomic E-state index is -0.329. The van der Waals surface area contributed by atoms with E-state index in [1.54, 1.807) is 25.2 Å². The van der Waals surface area contributed by atoms with Crippen molar-refractivity contribution < 1.29 is 9.90 Å². The first-order valence-electron chi connectivity index (χ1n) is 6.22. The first-order chi connectivity index (χ1) is 9.38.